The second-order valence-electron chi connectivity index (χ2n) is 7.60. The van der Waals surface area contributed by atoms with Gasteiger partial charge in [0.25, 0.3) is 0 Å². The number of urea groups is 1. The lowest BCUT2D eigenvalue weighted by Gasteiger charge is -2.14. The predicted octanol–water partition coefficient (Wildman–Crippen LogP) is 4.84. The number of nitrogens with zero attached hydrogens (tertiary/aromatic N) is 2. The van der Waals surface area contributed by atoms with Crippen molar-refractivity contribution in [3.05, 3.63) is 79.2 Å². The maximum atomic E-state index is 12.2. The van der Waals surface area contributed by atoms with Gasteiger partial charge in [-0.1, -0.05) is 53.7 Å². The van der Waals surface area contributed by atoms with Gasteiger partial charge in [0.1, 0.15) is 17.9 Å². The van der Waals surface area contributed by atoms with E-state index in [9.17, 15) is 4.79 Å². The van der Waals surface area contributed by atoms with Crippen LogP contribution in [0.3, 0.4) is 0 Å². The van der Waals surface area contributed by atoms with Crippen LogP contribution in [0.2, 0.25) is 0 Å². The average Bonchev–Trinajstić information content (AvgIpc) is 3.51. The van der Waals surface area contributed by atoms with Crippen molar-refractivity contribution in [1.82, 2.24) is 10.3 Å². The Morgan fingerprint density at radius 1 is 1.06 bits per heavy atom. The van der Waals surface area contributed by atoms with Gasteiger partial charge in [-0.15, -0.1) is 0 Å². The average molecular weight is 442 g/mol. The first-order valence-electron chi connectivity index (χ1n) is 10.6. The zero-order valence-electron chi connectivity index (χ0n) is 17.7. The van der Waals surface area contributed by atoms with Crippen LogP contribution in [0.15, 0.2) is 88.8 Å². The van der Waals surface area contributed by atoms with Gasteiger partial charge < -0.3 is 24.6 Å². The summed E-state index contributed by atoms with van der Waals surface area (Å²) in [6.45, 7) is 0.649. The molecule has 8 heteroatoms. The normalized spacial score (nSPS) is 15.0. The van der Waals surface area contributed by atoms with E-state index in [1.807, 2.05) is 42.5 Å². The number of hydrogen-bond acceptors (Lipinski definition) is 6. The lowest BCUT2D eigenvalue weighted by Crippen LogP contribution is -2.33. The standard InChI is InChI=1S/C25H22N4O4/c30-25(28-18-10-11-24-22(13-18)27-16-32-24)26-14-19-12-20(33-29-19)15-31-23-9-5-4-8-21(23)17-6-2-1-3-7-17/h1-11,13,16,20H,12,14-15H2,(H2,26,28,30). The van der Waals surface area contributed by atoms with Crippen molar-refractivity contribution in [1.29, 1.82) is 0 Å². The van der Waals surface area contributed by atoms with Gasteiger partial charge in [-0.3, -0.25) is 0 Å². The van der Waals surface area contributed by atoms with Gasteiger partial charge in [-0.2, -0.15) is 0 Å². The summed E-state index contributed by atoms with van der Waals surface area (Å²) < 4.78 is 11.2. The topological polar surface area (TPSA) is 98.0 Å². The van der Waals surface area contributed by atoms with Crippen molar-refractivity contribution < 1.29 is 18.8 Å². The Hall–Kier alpha value is -4.33. The largest absolute Gasteiger partial charge is 0.489 e. The summed E-state index contributed by atoms with van der Waals surface area (Å²) in [7, 11) is 0. The number of para-hydroxylation sites is 1. The van der Waals surface area contributed by atoms with E-state index in [1.54, 1.807) is 18.2 Å². The highest BCUT2D eigenvalue weighted by Crippen LogP contribution is 2.30. The van der Waals surface area contributed by atoms with Gasteiger partial charge in [0.05, 0.1) is 12.3 Å². The molecule has 1 aliphatic heterocycles. The highest BCUT2D eigenvalue weighted by Gasteiger charge is 2.22. The molecule has 1 aromatic heterocycles. The molecule has 2 N–H and O–H groups in total. The first-order valence-corrected chi connectivity index (χ1v) is 10.6. The Morgan fingerprint density at radius 2 is 1.91 bits per heavy atom. The lowest BCUT2D eigenvalue weighted by molar-refractivity contribution is 0.0472. The number of ether oxygens (including phenoxy) is 1. The van der Waals surface area contributed by atoms with Crippen LogP contribution in [0.4, 0.5) is 10.5 Å². The van der Waals surface area contributed by atoms with E-state index < -0.39 is 0 Å². The number of anilines is 1. The molecular weight excluding hydrogens is 420 g/mol. The van der Waals surface area contributed by atoms with Crippen LogP contribution < -0.4 is 15.4 Å². The van der Waals surface area contributed by atoms with Gasteiger partial charge in [0, 0.05) is 17.7 Å². The van der Waals surface area contributed by atoms with Crippen molar-refractivity contribution in [2.45, 2.75) is 12.5 Å². The Labute approximate surface area is 190 Å². The number of rotatable bonds is 7. The quantitative estimate of drug-likeness (QED) is 0.427. The monoisotopic (exact) mass is 442 g/mol. The number of oxime groups is 1. The lowest BCUT2D eigenvalue weighted by atomic mass is 10.0. The molecule has 166 valence electrons. The highest BCUT2D eigenvalue weighted by atomic mass is 16.7. The van der Waals surface area contributed by atoms with Crippen molar-refractivity contribution in [3.8, 4) is 16.9 Å². The van der Waals surface area contributed by atoms with E-state index in [0.717, 1.165) is 22.6 Å². The highest BCUT2D eigenvalue weighted by molar-refractivity contribution is 5.95. The zero-order valence-corrected chi connectivity index (χ0v) is 17.7. The van der Waals surface area contributed by atoms with E-state index in [4.69, 9.17) is 14.0 Å². The van der Waals surface area contributed by atoms with Crippen LogP contribution in [-0.2, 0) is 4.84 Å². The minimum absolute atomic E-state index is 0.205. The number of fused-ring (bicyclic) bond motifs is 1. The van der Waals surface area contributed by atoms with Gasteiger partial charge in [-0.05, 0) is 29.8 Å². The number of carbonyl (C=O) groups excluding carboxylic acids is 1. The number of carbonyl (C=O) groups is 1. The number of nitrogens with one attached hydrogen (secondary N) is 2. The molecule has 0 saturated carbocycles. The maximum Gasteiger partial charge on any atom is 0.319 e. The summed E-state index contributed by atoms with van der Waals surface area (Å²) in [4.78, 5) is 21.8. The number of aromatic nitrogens is 1. The van der Waals surface area contributed by atoms with E-state index in [0.29, 0.717) is 29.8 Å². The second-order valence-corrected chi connectivity index (χ2v) is 7.60. The predicted molar refractivity (Wildman–Crippen MR) is 125 cm³/mol. The Kier molecular flexibility index (Phi) is 5.88. The third kappa shape index (κ3) is 4.95. The first-order chi connectivity index (χ1) is 16.2. The number of oxazole rings is 1. The molecule has 0 radical (unpaired) electrons. The van der Waals surface area contributed by atoms with Gasteiger partial charge >= 0.3 is 6.03 Å². The van der Waals surface area contributed by atoms with Gasteiger partial charge in [0.2, 0.25) is 0 Å². The molecule has 5 rings (SSSR count). The van der Waals surface area contributed by atoms with Crippen molar-refractivity contribution in [2.75, 3.05) is 18.5 Å². The van der Waals surface area contributed by atoms with E-state index >= 15 is 0 Å². The van der Waals surface area contributed by atoms with Crippen LogP contribution in [0.1, 0.15) is 6.42 Å². The fraction of sp³-hybridized carbons (Fsp3) is 0.160. The molecule has 4 aromatic rings. The zero-order chi connectivity index (χ0) is 22.5. The second kappa shape index (κ2) is 9.44. The SMILES string of the molecule is O=C(NCC1=NOC(COc2ccccc2-c2ccccc2)C1)Nc1ccc2ocnc2c1. The summed E-state index contributed by atoms with van der Waals surface area (Å²) in [6, 6.07) is 22.9. The Balaban J connectivity index is 1.09. The Morgan fingerprint density at radius 3 is 2.82 bits per heavy atom. The van der Waals surface area contributed by atoms with Crippen LogP contribution in [0, 0.1) is 0 Å². The minimum Gasteiger partial charge on any atom is -0.489 e. The number of amides is 2. The molecule has 1 unspecified atom stereocenters. The van der Waals surface area contributed by atoms with E-state index in [2.05, 4.69) is 32.9 Å². The van der Waals surface area contributed by atoms with Crippen molar-refractivity contribution in [3.63, 3.8) is 0 Å². The Bertz CT molecular complexity index is 1290. The summed E-state index contributed by atoms with van der Waals surface area (Å²) in [5.41, 5.74) is 4.84. The molecule has 0 aliphatic carbocycles. The number of hydrogen-bond donors (Lipinski definition) is 2. The van der Waals surface area contributed by atoms with Gasteiger partial charge in [0.15, 0.2) is 18.1 Å². The summed E-state index contributed by atoms with van der Waals surface area (Å²) in [5, 5.41) is 9.66. The molecule has 0 saturated heterocycles. The molecule has 1 aliphatic rings. The molecule has 8 nitrogen and oxygen atoms in total. The third-order valence-corrected chi connectivity index (χ3v) is 5.23. The van der Waals surface area contributed by atoms with Crippen LogP contribution in [0.5, 0.6) is 5.75 Å². The van der Waals surface area contributed by atoms with Crippen molar-refractivity contribution in [2.24, 2.45) is 5.16 Å². The van der Waals surface area contributed by atoms with Crippen LogP contribution >= 0.6 is 0 Å². The molecule has 2 amide bonds. The molecule has 3 aromatic carbocycles. The fourth-order valence-electron chi connectivity index (χ4n) is 3.60. The van der Waals surface area contributed by atoms with Gasteiger partial charge in [-0.25, -0.2) is 9.78 Å². The smallest absolute Gasteiger partial charge is 0.319 e. The molecule has 1 atom stereocenters. The van der Waals surface area contributed by atoms with Crippen LogP contribution in [0.25, 0.3) is 22.2 Å². The molecule has 0 bridgehead atoms. The first kappa shape index (κ1) is 20.6. The van der Waals surface area contributed by atoms with E-state index in [-0.39, 0.29) is 18.7 Å². The molecule has 0 spiro atoms. The van der Waals surface area contributed by atoms with E-state index in [1.165, 1.54) is 6.39 Å². The molecule has 0 fully saturated rings. The molecule has 33 heavy (non-hydrogen) atoms. The summed E-state index contributed by atoms with van der Waals surface area (Å²) >= 11 is 0. The molecular formula is C25H22N4O4. The number of benzene rings is 3. The van der Waals surface area contributed by atoms with Crippen molar-refractivity contribution >= 4 is 28.5 Å². The summed E-state index contributed by atoms with van der Waals surface area (Å²) in [6.07, 6.45) is 1.74. The minimum atomic E-state index is -0.336. The third-order valence-electron chi connectivity index (χ3n) is 5.23. The van der Waals surface area contributed by atoms with Crippen LogP contribution in [-0.4, -0.2) is 36.0 Å². The molecule has 2 heterocycles. The maximum absolute atomic E-state index is 12.2. The summed E-state index contributed by atoms with van der Waals surface area (Å²) in [5.74, 6) is 0.794. The fourth-order valence-corrected chi connectivity index (χ4v) is 3.60.